The van der Waals surface area contributed by atoms with Crippen molar-refractivity contribution in [2.45, 2.75) is 47.0 Å². The van der Waals surface area contributed by atoms with Crippen LogP contribution in [-0.2, 0) is 19.4 Å². The lowest BCUT2D eigenvalue weighted by molar-refractivity contribution is -0.140. The van der Waals surface area contributed by atoms with E-state index in [1.807, 2.05) is 0 Å². The standard InChI is InChI=1S/C29H31ClN4O5S/c1-3-15-32-26(20-9-11-21(30)12-10-20)28(36)34-18-22(17-23(34)27(35)33-29(19-31)13-14-29)40(37,38)25-8-6-5-7-24(25)39-16-4-2/h3-12,22-23,26,32H,1-2,13-18H2,(H,33,35)/t22?,23?,26-/m1/s1. The zero-order valence-corrected chi connectivity index (χ0v) is 23.5. The van der Waals surface area contributed by atoms with Crippen LogP contribution < -0.4 is 15.4 Å². The van der Waals surface area contributed by atoms with E-state index in [0.717, 1.165) is 0 Å². The third kappa shape index (κ3) is 6.22. The highest BCUT2D eigenvalue weighted by molar-refractivity contribution is 7.92. The van der Waals surface area contributed by atoms with Crippen LogP contribution in [-0.4, -0.2) is 61.7 Å². The Kier molecular flexibility index (Phi) is 8.98. The highest BCUT2D eigenvalue weighted by Crippen LogP contribution is 2.37. The van der Waals surface area contributed by atoms with E-state index >= 15 is 0 Å². The Labute approximate surface area is 239 Å². The maximum absolute atomic E-state index is 14.0. The van der Waals surface area contributed by atoms with Crippen molar-refractivity contribution < 1.29 is 22.7 Å². The molecule has 0 spiro atoms. The molecule has 0 radical (unpaired) electrons. The molecule has 1 aliphatic carbocycles. The van der Waals surface area contributed by atoms with Crippen LogP contribution >= 0.6 is 11.6 Å². The predicted molar refractivity (Wildman–Crippen MR) is 151 cm³/mol. The smallest absolute Gasteiger partial charge is 0.245 e. The summed E-state index contributed by atoms with van der Waals surface area (Å²) in [4.78, 5) is 28.8. The number of sulfone groups is 1. The lowest BCUT2D eigenvalue weighted by Crippen LogP contribution is -2.51. The van der Waals surface area contributed by atoms with Crippen LogP contribution in [0.25, 0.3) is 0 Å². The van der Waals surface area contributed by atoms with E-state index in [1.165, 1.54) is 17.0 Å². The average molecular weight is 583 g/mol. The molecule has 2 N–H and O–H groups in total. The second kappa shape index (κ2) is 12.3. The van der Waals surface area contributed by atoms with E-state index in [2.05, 4.69) is 29.9 Å². The van der Waals surface area contributed by atoms with E-state index in [9.17, 15) is 23.3 Å². The molecule has 40 heavy (non-hydrogen) atoms. The van der Waals surface area contributed by atoms with Crippen LogP contribution in [0.1, 0.15) is 30.9 Å². The minimum atomic E-state index is -4.03. The van der Waals surface area contributed by atoms with E-state index in [-0.39, 0.29) is 36.8 Å². The summed E-state index contributed by atoms with van der Waals surface area (Å²) in [6.45, 7) is 7.50. The number of benzene rings is 2. The quantitative estimate of drug-likeness (QED) is 0.367. The maximum atomic E-state index is 14.0. The van der Waals surface area contributed by atoms with Crippen LogP contribution in [0.5, 0.6) is 5.75 Å². The number of rotatable bonds is 12. The van der Waals surface area contributed by atoms with Gasteiger partial charge in [-0.2, -0.15) is 5.26 Å². The van der Waals surface area contributed by atoms with Crippen LogP contribution in [0, 0.1) is 11.3 Å². The number of likely N-dealkylation sites (tertiary alicyclic amines) is 1. The van der Waals surface area contributed by atoms with Gasteiger partial charge in [0, 0.05) is 18.1 Å². The largest absolute Gasteiger partial charge is 0.488 e. The molecule has 1 saturated heterocycles. The summed E-state index contributed by atoms with van der Waals surface area (Å²) in [5, 5.41) is 14.8. The minimum absolute atomic E-state index is 0.0231. The molecule has 2 fully saturated rings. The summed E-state index contributed by atoms with van der Waals surface area (Å²) in [5.41, 5.74) is -0.384. The summed E-state index contributed by atoms with van der Waals surface area (Å²) >= 11 is 6.05. The van der Waals surface area contributed by atoms with Gasteiger partial charge in [-0.15, -0.1) is 6.58 Å². The van der Waals surface area contributed by atoms with E-state index in [4.69, 9.17) is 16.3 Å². The highest BCUT2D eigenvalue weighted by Gasteiger charge is 2.51. The van der Waals surface area contributed by atoms with E-state index in [1.54, 1.807) is 48.5 Å². The van der Waals surface area contributed by atoms with Crippen molar-refractivity contribution in [3.63, 3.8) is 0 Å². The molecule has 1 aliphatic heterocycles. The number of para-hydroxylation sites is 1. The summed E-state index contributed by atoms with van der Waals surface area (Å²) in [5.74, 6) is -0.860. The monoisotopic (exact) mass is 582 g/mol. The van der Waals surface area contributed by atoms with Gasteiger partial charge in [0.15, 0.2) is 9.84 Å². The van der Waals surface area contributed by atoms with Crippen molar-refractivity contribution in [1.29, 1.82) is 5.26 Å². The number of halogens is 1. The Morgan fingerprint density at radius 3 is 2.50 bits per heavy atom. The number of nitrogens with zero attached hydrogens (tertiary/aromatic N) is 2. The van der Waals surface area contributed by atoms with Crippen molar-refractivity contribution in [1.82, 2.24) is 15.5 Å². The third-order valence-electron chi connectivity index (χ3n) is 7.04. The lowest BCUT2D eigenvalue weighted by atomic mass is 10.0. The zero-order chi connectivity index (χ0) is 28.9. The van der Waals surface area contributed by atoms with Gasteiger partial charge in [0.1, 0.15) is 34.9 Å². The number of hydrogen-bond donors (Lipinski definition) is 2. The Bertz CT molecular complexity index is 1430. The van der Waals surface area contributed by atoms with Gasteiger partial charge in [0.25, 0.3) is 0 Å². The van der Waals surface area contributed by atoms with Gasteiger partial charge in [-0.05, 0) is 49.1 Å². The third-order valence-corrected chi connectivity index (χ3v) is 9.46. The molecule has 11 heteroatoms. The number of carbonyl (C=O) groups is 2. The molecule has 2 aliphatic rings. The van der Waals surface area contributed by atoms with Gasteiger partial charge in [0.2, 0.25) is 11.8 Å². The van der Waals surface area contributed by atoms with Crippen molar-refractivity contribution in [3.05, 3.63) is 84.4 Å². The lowest BCUT2D eigenvalue weighted by Gasteiger charge is -2.29. The first-order valence-electron chi connectivity index (χ1n) is 12.9. The SMILES string of the molecule is C=CCN[C@@H](C(=O)N1CC(S(=O)(=O)c2ccccc2OCC=C)CC1C(=O)NC1(C#N)CC1)c1ccc(Cl)cc1. The number of nitrogens with one attached hydrogen (secondary N) is 2. The summed E-state index contributed by atoms with van der Waals surface area (Å²) < 4.78 is 33.4. The molecule has 0 bridgehead atoms. The second-order valence-electron chi connectivity index (χ2n) is 9.82. The Hall–Kier alpha value is -3.65. The number of ether oxygens (including phenoxy) is 1. The van der Waals surface area contributed by atoms with Crippen molar-refractivity contribution >= 4 is 33.3 Å². The van der Waals surface area contributed by atoms with E-state index in [0.29, 0.717) is 23.4 Å². The van der Waals surface area contributed by atoms with Gasteiger partial charge in [-0.1, -0.05) is 54.6 Å². The van der Waals surface area contributed by atoms with Crippen molar-refractivity contribution in [2.75, 3.05) is 19.7 Å². The number of amides is 2. The van der Waals surface area contributed by atoms with Crippen LogP contribution in [0.2, 0.25) is 5.02 Å². The molecule has 1 saturated carbocycles. The maximum Gasteiger partial charge on any atom is 0.245 e. The Morgan fingerprint density at radius 2 is 1.88 bits per heavy atom. The van der Waals surface area contributed by atoms with E-state index < -0.39 is 44.5 Å². The molecule has 0 aromatic heterocycles. The van der Waals surface area contributed by atoms with Gasteiger partial charge >= 0.3 is 0 Å². The van der Waals surface area contributed by atoms with Crippen LogP contribution in [0.4, 0.5) is 0 Å². The first-order chi connectivity index (χ1) is 19.2. The number of carbonyl (C=O) groups excluding carboxylic acids is 2. The minimum Gasteiger partial charge on any atom is -0.488 e. The molecule has 2 amide bonds. The molecule has 2 unspecified atom stereocenters. The van der Waals surface area contributed by atoms with Gasteiger partial charge in [-0.3, -0.25) is 14.9 Å². The summed E-state index contributed by atoms with van der Waals surface area (Å²) in [7, 11) is -4.03. The van der Waals surface area contributed by atoms with Gasteiger partial charge in [-0.25, -0.2) is 8.42 Å². The fourth-order valence-corrected chi connectivity index (χ4v) is 6.68. The molecule has 3 atom stereocenters. The van der Waals surface area contributed by atoms with Crippen molar-refractivity contribution in [3.8, 4) is 11.8 Å². The first kappa shape index (κ1) is 29.3. The van der Waals surface area contributed by atoms with Crippen LogP contribution in [0.15, 0.2) is 78.7 Å². The molecular formula is C29H31ClN4O5S. The second-order valence-corrected chi connectivity index (χ2v) is 12.5. The topological polar surface area (TPSA) is 129 Å². The first-order valence-corrected chi connectivity index (χ1v) is 14.8. The van der Waals surface area contributed by atoms with Crippen LogP contribution in [0.3, 0.4) is 0 Å². The normalized spacial score (nSPS) is 20.1. The highest BCUT2D eigenvalue weighted by atomic mass is 35.5. The Morgan fingerprint density at radius 1 is 1.18 bits per heavy atom. The molecular weight excluding hydrogens is 552 g/mol. The molecule has 9 nitrogen and oxygen atoms in total. The molecule has 210 valence electrons. The fourth-order valence-electron chi connectivity index (χ4n) is 4.73. The Balaban J connectivity index is 1.69. The summed E-state index contributed by atoms with van der Waals surface area (Å²) in [6.07, 6.45) is 3.98. The van der Waals surface area contributed by atoms with Crippen molar-refractivity contribution in [2.24, 2.45) is 0 Å². The fraction of sp³-hybridized carbons (Fsp3) is 0.345. The molecule has 1 heterocycles. The molecule has 2 aromatic carbocycles. The number of hydrogen-bond acceptors (Lipinski definition) is 7. The molecule has 4 rings (SSSR count). The zero-order valence-electron chi connectivity index (χ0n) is 21.9. The van der Waals surface area contributed by atoms with Gasteiger partial charge in [0.05, 0.1) is 11.3 Å². The average Bonchev–Trinajstić information content (AvgIpc) is 3.57. The summed E-state index contributed by atoms with van der Waals surface area (Å²) in [6, 6.07) is 13.1. The predicted octanol–water partition coefficient (Wildman–Crippen LogP) is 3.34. The number of nitriles is 1. The molecule has 2 aromatic rings. The van der Waals surface area contributed by atoms with Gasteiger partial charge < -0.3 is 15.0 Å².